The molecule has 1 heterocycles. The Labute approximate surface area is 181 Å². The number of ether oxygens (including phenoxy) is 1. The zero-order valence-electron chi connectivity index (χ0n) is 17.1. The molecule has 0 unspecified atom stereocenters. The van der Waals surface area contributed by atoms with Crippen LogP contribution in [0, 0.1) is 5.82 Å². The zero-order valence-corrected chi connectivity index (χ0v) is 17.1. The third-order valence-electron chi connectivity index (χ3n) is 5.06. The van der Waals surface area contributed by atoms with Gasteiger partial charge >= 0.3 is 18.2 Å². The Morgan fingerprint density at radius 3 is 2.44 bits per heavy atom. The number of carbonyl (C=O) groups is 2. The van der Waals surface area contributed by atoms with E-state index in [0.717, 1.165) is 35.5 Å². The first-order valence-corrected chi connectivity index (χ1v) is 9.88. The molecule has 0 aliphatic carbocycles. The number of benzene rings is 2. The van der Waals surface area contributed by atoms with Crippen LogP contribution in [0.5, 0.6) is 0 Å². The first-order valence-electron chi connectivity index (χ1n) is 9.88. The van der Waals surface area contributed by atoms with Gasteiger partial charge in [0, 0.05) is 18.7 Å². The standard InChI is InChI=1S/C22H21F4N3O3/c1-2-32-19(30)21(22(24,25)26,15-7-9-16(23)10-8-15)29-20(31)27-12-11-14-13-28-18-6-4-3-5-17(14)18/h3-10,13-14H,2,11-12H2,1H3,(H2,27,29,31)/t14-,21-/m0/s1. The van der Waals surface area contributed by atoms with E-state index in [-0.39, 0.29) is 19.1 Å². The number of nitrogens with one attached hydrogen (secondary N) is 2. The summed E-state index contributed by atoms with van der Waals surface area (Å²) in [7, 11) is 0. The summed E-state index contributed by atoms with van der Waals surface area (Å²) in [5, 5.41) is 4.08. The second kappa shape index (κ2) is 9.37. The molecule has 3 rings (SSSR count). The van der Waals surface area contributed by atoms with Crippen LogP contribution < -0.4 is 10.6 Å². The molecule has 10 heteroatoms. The number of carbonyl (C=O) groups excluding carboxylic acids is 2. The number of amides is 2. The van der Waals surface area contributed by atoms with Gasteiger partial charge in [0.15, 0.2) is 0 Å². The molecule has 1 aliphatic heterocycles. The number of fused-ring (bicyclic) bond motifs is 1. The molecule has 0 radical (unpaired) electrons. The van der Waals surface area contributed by atoms with Crippen LogP contribution in [0.15, 0.2) is 53.5 Å². The SMILES string of the molecule is CCOC(=O)[C@@](NC(=O)NCC[C@H]1C=Nc2ccccc21)(c1ccc(F)cc1)C(F)(F)F. The van der Waals surface area contributed by atoms with Gasteiger partial charge in [-0.2, -0.15) is 13.2 Å². The highest BCUT2D eigenvalue weighted by atomic mass is 19.4. The lowest BCUT2D eigenvalue weighted by Gasteiger charge is -2.34. The van der Waals surface area contributed by atoms with Crippen molar-refractivity contribution in [2.45, 2.75) is 31.0 Å². The Morgan fingerprint density at radius 2 is 1.78 bits per heavy atom. The van der Waals surface area contributed by atoms with Gasteiger partial charge in [-0.3, -0.25) is 4.99 Å². The van der Waals surface area contributed by atoms with Crippen LogP contribution in [-0.4, -0.2) is 37.5 Å². The van der Waals surface area contributed by atoms with Crippen molar-refractivity contribution in [1.29, 1.82) is 0 Å². The lowest BCUT2D eigenvalue weighted by atomic mass is 9.89. The fourth-order valence-corrected chi connectivity index (χ4v) is 3.49. The summed E-state index contributed by atoms with van der Waals surface area (Å²) in [5.41, 5.74) is -2.41. The summed E-state index contributed by atoms with van der Waals surface area (Å²) in [6.45, 7) is 1.02. The zero-order chi connectivity index (χ0) is 23.4. The van der Waals surface area contributed by atoms with E-state index in [0.29, 0.717) is 6.42 Å². The lowest BCUT2D eigenvalue weighted by molar-refractivity contribution is -0.214. The monoisotopic (exact) mass is 451 g/mol. The largest absolute Gasteiger partial charge is 0.464 e. The third kappa shape index (κ3) is 4.58. The van der Waals surface area contributed by atoms with Crippen LogP contribution >= 0.6 is 0 Å². The minimum Gasteiger partial charge on any atom is -0.464 e. The molecule has 0 saturated heterocycles. The maximum absolute atomic E-state index is 14.2. The van der Waals surface area contributed by atoms with Gasteiger partial charge in [-0.15, -0.1) is 0 Å². The summed E-state index contributed by atoms with van der Waals surface area (Å²) in [5.74, 6) is -2.61. The quantitative estimate of drug-likeness (QED) is 0.486. The number of hydrogen-bond acceptors (Lipinski definition) is 4. The molecule has 2 aromatic rings. The molecule has 2 N–H and O–H groups in total. The molecule has 0 bridgehead atoms. The number of nitrogens with zero attached hydrogens (tertiary/aromatic N) is 1. The number of alkyl halides is 3. The number of aliphatic imine (C=N–C) groups is 1. The average Bonchev–Trinajstić information content (AvgIpc) is 3.15. The van der Waals surface area contributed by atoms with Crippen molar-refractivity contribution in [2.75, 3.05) is 13.2 Å². The van der Waals surface area contributed by atoms with E-state index in [1.54, 1.807) is 11.5 Å². The molecule has 0 fully saturated rings. The molecule has 0 aromatic heterocycles. The molecular formula is C22H21F4N3O3. The van der Waals surface area contributed by atoms with Crippen molar-refractivity contribution < 1.29 is 31.9 Å². The van der Waals surface area contributed by atoms with Crippen LogP contribution in [0.25, 0.3) is 0 Å². The van der Waals surface area contributed by atoms with Crippen LogP contribution in [0.1, 0.15) is 30.4 Å². The minimum atomic E-state index is -5.26. The van der Waals surface area contributed by atoms with Crippen molar-refractivity contribution >= 4 is 23.9 Å². The Hall–Kier alpha value is -3.43. The number of hydrogen-bond donors (Lipinski definition) is 2. The van der Waals surface area contributed by atoms with Crippen LogP contribution in [0.3, 0.4) is 0 Å². The molecule has 2 amide bonds. The summed E-state index contributed by atoms with van der Waals surface area (Å²) in [4.78, 5) is 29.2. The normalized spacial score (nSPS) is 16.7. The Morgan fingerprint density at radius 1 is 1.09 bits per heavy atom. The van der Waals surface area contributed by atoms with Gasteiger partial charge in [-0.1, -0.05) is 30.3 Å². The number of halogens is 4. The van der Waals surface area contributed by atoms with Crippen LogP contribution in [-0.2, 0) is 15.1 Å². The first kappa shape index (κ1) is 23.2. The maximum Gasteiger partial charge on any atom is 0.426 e. The van der Waals surface area contributed by atoms with E-state index >= 15 is 0 Å². The Balaban J connectivity index is 1.77. The third-order valence-corrected chi connectivity index (χ3v) is 5.06. The van der Waals surface area contributed by atoms with Gasteiger partial charge in [-0.05, 0) is 42.7 Å². The summed E-state index contributed by atoms with van der Waals surface area (Å²) >= 11 is 0. The fraction of sp³-hybridized carbons (Fsp3) is 0.318. The summed E-state index contributed by atoms with van der Waals surface area (Å²) in [6, 6.07) is 9.30. The van der Waals surface area contributed by atoms with Crippen molar-refractivity contribution in [2.24, 2.45) is 4.99 Å². The molecular weight excluding hydrogens is 430 g/mol. The van der Waals surface area contributed by atoms with Gasteiger partial charge in [0.2, 0.25) is 0 Å². The highest BCUT2D eigenvalue weighted by Gasteiger charge is 2.64. The van der Waals surface area contributed by atoms with Crippen molar-refractivity contribution in [3.05, 3.63) is 65.5 Å². The molecule has 0 saturated carbocycles. The van der Waals surface area contributed by atoms with E-state index < -0.39 is 35.1 Å². The van der Waals surface area contributed by atoms with Gasteiger partial charge < -0.3 is 15.4 Å². The van der Waals surface area contributed by atoms with E-state index in [1.807, 2.05) is 24.3 Å². The number of rotatable bonds is 7. The van der Waals surface area contributed by atoms with Gasteiger partial charge in [0.1, 0.15) is 5.82 Å². The molecule has 170 valence electrons. The van der Waals surface area contributed by atoms with Crippen molar-refractivity contribution in [3.8, 4) is 0 Å². The summed E-state index contributed by atoms with van der Waals surface area (Å²) in [6.07, 6.45) is -3.16. The topological polar surface area (TPSA) is 79.8 Å². The van der Waals surface area contributed by atoms with E-state index in [9.17, 15) is 27.2 Å². The van der Waals surface area contributed by atoms with Gasteiger partial charge in [-0.25, -0.2) is 14.0 Å². The van der Waals surface area contributed by atoms with Gasteiger partial charge in [0.05, 0.1) is 12.3 Å². The Kier molecular flexibility index (Phi) is 6.81. The first-order chi connectivity index (χ1) is 15.2. The molecule has 2 atom stereocenters. The Bertz CT molecular complexity index is 1010. The lowest BCUT2D eigenvalue weighted by Crippen LogP contribution is -2.63. The predicted octanol–water partition coefficient (Wildman–Crippen LogP) is 4.34. The van der Waals surface area contributed by atoms with Crippen LogP contribution in [0.2, 0.25) is 0 Å². The molecule has 1 aliphatic rings. The fourth-order valence-electron chi connectivity index (χ4n) is 3.49. The molecule has 32 heavy (non-hydrogen) atoms. The number of urea groups is 1. The highest BCUT2D eigenvalue weighted by Crippen LogP contribution is 2.40. The molecule has 2 aromatic carbocycles. The van der Waals surface area contributed by atoms with E-state index in [2.05, 4.69) is 15.0 Å². The second-order valence-electron chi connectivity index (χ2n) is 7.09. The highest BCUT2D eigenvalue weighted by molar-refractivity contribution is 5.89. The molecule has 0 spiro atoms. The van der Waals surface area contributed by atoms with E-state index in [4.69, 9.17) is 0 Å². The van der Waals surface area contributed by atoms with E-state index in [1.165, 1.54) is 6.92 Å². The molecule has 6 nitrogen and oxygen atoms in total. The summed E-state index contributed by atoms with van der Waals surface area (Å²) < 4.78 is 60.5. The average molecular weight is 451 g/mol. The smallest absolute Gasteiger partial charge is 0.426 e. The van der Waals surface area contributed by atoms with Crippen molar-refractivity contribution in [1.82, 2.24) is 10.6 Å². The van der Waals surface area contributed by atoms with Crippen LogP contribution in [0.4, 0.5) is 28.0 Å². The van der Waals surface area contributed by atoms with Gasteiger partial charge in [0.25, 0.3) is 5.54 Å². The maximum atomic E-state index is 14.2. The van der Waals surface area contributed by atoms with Crippen molar-refractivity contribution in [3.63, 3.8) is 0 Å². The number of esters is 1. The second-order valence-corrected chi connectivity index (χ2v) is 7.09. The number of para-hydroxylation sites is 1. The predicted molar refractivity (Wildman–Crippen MR) is 109 cm³/mol. The minimum absolute atomic E-state index is 0.0248.